The van der Waals surface area contributed by atoms with Crippen LogP contribution < -0.4 is 5.32 Å². The summed E-state index contributed by atoms with van der Waals surface area (Å²) in [6.07, 6.45) is 3.52. The van der Waals surface area contributed by atoms with E-state index in [9.17, 15) is 0 Å². The number of thiophene rings is 1. The van der Waals surface area contributed by atoms with Crippen molar-refractivity contribution in [1.29, 1.82) is 5.26 Å². The molecule has 1 aliphatic carbocycles. The Morgan fingerprint density at radius 3 is 3.05 bits per heavy atom. The molecule has 0 spiro atoms. The van der Waals surface area contributed by atoms with Crippen molar-refractivity contribution >= 4 is 28.6 Å². The molecule has 0 saturated carbocycles. The standard InChI is InChI=1S/C15H13ClN2S/c16-12-8-10(9-17)4-5-14(12)18-13-2-1-3-15-11(13)6-7-19-15/h4-8,13,18H,1-3H2. The zero-order chi connectivity index (χ0) is 13.2. The molecule has 0 aliphatic heterocycles. The second-order valence-electron chi connectivity index (χ2n) is 4.69. The van der Waals surface area contributed by atoms with Gasteiger partial charge in [0.25, 0.3) is 0 Å². The van der Waals surface area contributed by atoms with E-state index >= 15 is 0 Å². The van der Waals surface area contributed by atoms with Gasteiger partial charge in [0.15, 0.2) is 0 Å². The Bertz CT molecular complexity index is 642. The smallest absolute Gasteiger partial charge is 0.0992 e. The van der Waals surface area contributed by atoms with E-state index in [-0.39, 0.29) is 0 Å². The summed E-state index contributed by atoms with van der Waals surface area (Å²) in [7, 11) is 0. The van der Waals surface area contributed by atoms with Crippen molar-refractivity contribution in [3.05, 3.63) is 50.7 Å². The lowest BCUT2D eigenvalue weighted by molar-refractivity contribution is 0.609. The Hall–Kier alpha value is -1.50. The Balaban J connectivity index is 1.86. The molecular weight excluding hydrogens is 276 g/mol. The lowest BCUT2D eigenvalue weighted by Crippen LogP contribution is -2.15. The van der Waals surface area contributed by atoms with Crippen molar-refractivity contribution in [3.8, 4) is 6.07 Å². The van der Waals surface area contributed by atoms with E-state index in [2.05, 4.69) is 22.8 Å². The molecule has 1 aromatic heterocycles. The number of nitriles is 1. The molecule has 0 fully saturated rings. The molecule has 1 aromatic carbocycles. The van der Waals surface area contributed by atoms with E-state index < -0.39 is 0 Å². The molecule has 4 heteroatoms. The summed E-state index contributed by atoms with van der Waals surface area (Å²) < 4.78 is 0. The summed E-state index contributed by atoms with van der Waals surface area (Å²) in [5.41, 5.74) is 2.90. The van der Waals surface area contributed by atoms with Gasteiger partial charge >= 0.3 is 0 Å². The van der Waals surface area contributed by atoms with Crippen LogP contribution in [0.2, 0.25) is 5.02 Å². The lowest BCUT2D eigenvalue weighted by Gasteiger charge is -2.25. The normalized spacial score (nSPS) is 17.6. The summed E-state index contributed by atoms with van der Waals surface area (Å²) in [4.78, 5) is 1.48. The van der Waals surface area contributed by atoms with Crippen LogP contribution in [-0.2, 0) is 6.42 Å². The number of anilines is 1. The fraction of sp³-hybridized carbons (Fsp3) is 0.267. The molecule has 96 valence electrons. The number of nitrogens with one attached hydrogen (secondary N) is 1. The van der Waals surface area contributed by atoms with Crippen LogP contribution in [0.5, 0.6) is 0 Å². The molecule has 1 aliphatic rings. The molecule has 0 bridgehead atoms. The molecular formula is C15H13ClN2S. The first-order valence-electron chi connectivity index (χ1n) is 6.30. The number of fused-ring (bicyclic) bond motifs is 1. The van der Waals surface area contributed by atoms with Crippen molar-refractivity contribution in [1.82, 2.24) is 0 Å². The molecule has 0 saturated heterocycles. The Morgan fingerprint density at radius 2 is 2.26 bits per heavy atom. The molecule has 1 atom stereocenters. The van der Waals surface area contributed by atoms with Gasteiger partial charge in [0.1, 0.15) is 0 Å². The third-order valence-corrected chi connectivity index (χ3v) is 4.79. The van der Waals surface area contributed by atoms with Crippen molar-refractivity contribution < 1.29 is 0 Å². The largest absolute Gasteiger partial charge is 0.377 e. The molecule has 1 heterocycles. The Kier molecular flexibility index (Phi) is 3.46. The lowest BCUT2D eigenvalue weighted by atomic mass is 9.94. The van der Waals surface area contributed by atoms with Gasteiger partial charge < -0.3 is 5.32 Å². The highest BCUT2D eigenvalue weighted by Gasteiger charge is 2.21. The average molecular weight is 289 g/mol. The van der Waals surface area contributed by atoms with Gasteiger partial charge in [-0.05, 0) is 54.5 Å². The van der Waals surface area contributed by atoms with Gasteiger partial charge in [0.2, 0.25) is 0 Å². The number of halogens is 1. The summed E-state index contributed by atoms with van der Waals surface area (Å²) in [6.45, 7) is 0. The molecule has 1 N–H and O–H groups in total. The van der Waals surface area contributed by atoms with Crippen LogP contribution in [0.15, 0.2) is 29.6 Å². The summed E-state index contributed by atoms with van der Waals surface area (Å²) >= 11 is 8.05. The van der Waals surface area contributed by atoms with Crippen LogP contribution >= 0.6 is 22.9 Å². The maximum absolute atomic E-state index is 8.85. The molecule has 19 heavy (non-hydrogen) atoms. The average Bonchev–Trinajstić information content (AvgIpc) is 2.90. The quantitative estimate of drug-likeness (QED) is 0.864. The van der Waals surface area contributed by atoms with Crippen LogP contribution in [0.1, 0.15) is 34.9 Å². The fourth-order valence-electron chi connectivity index (χ4n) is 2.53. The zero-order valence-corrected chi connectivity index (χ0v) is 11.9. The third-order valence-electron chi connectivity index (χ3n) is 3.48. The van der Waals surface area contributed by atoms with E-state index in [1.807, 2.05) is 17.4 Å². The first-order chi connectivity index (χ1) is 9.28. The van der Waals surface area contributed by atoms with E-state index in [4.69, 9.17) is 16.9 Å². The molecule has 2 aromatic rings. The van der Waals surface area contributed by atoms with Crippen LogP contribution in [0, 0.1) is 11.3 Å². The van der Waals surface area contributed by atoms with Gasteiger partial charge in [-0.15, -0.1) is 11.3 Å². The summed E-state index contributed by atoms with van der Waals surface area (Å²) in [5.74, 6) is 0. The number of benzene rings is 1. The van der Waals surface area contributed by atoms with Crippen LogP contribution in [-0.4, -0.2) is 0 Å². The topological polar surface area (TPSA) is 35.8 Å². The van der Waals surface area contributed by atoms with Crippen LogP contribution in [0.3, 0.4) is 0 Å². The maximum atomic E-state index is 8.85. The molecule has 3 rings (SSSR count). The molecule has 2 nitrogen and oxygen atoms in total. The molecule has 0 radical (unpaired) electrons. The second-order valence-corrected chi connectivity index (χ2v) is 6.10. The van der Waals surface area contributed by atoms with Gasteiger partial charge in [-0.2, -0.15) is 5.26 Å². The number of aryl methyl sites for hydroxylation is 1. The van der Waals surface area contributed by atoms with E-state index in [0.29, 0.717) is 16.6 Å². The Labute approximate surface area is 121 Å². The SMILES string of the molecule is N#Cc1ccc(NC2CCCc3sccc32)c(Cl)c1. The van der Waals surface area contributed by atoms with E-state index in [0.717, 1.165) is 12.1 Å². The van der Waals surface area contributed by atoms with Crippen molar-refractivity contribution in [2.45, 2.75) is 25.3 Å². The predicted molar refractivity (Wildman–Crippen MR) is 79.8 cm³/mol. The highest BCUT2D eigenvalue weighted by Crippen LogP contribution is 2.37. The highest BCUT2D eigenvalue weighted by atomic mass is 35.5. The predicted octanol–water partition coefficient (Wildman–Crippen LogP) is 4.76. The second kappa shape index (κ2) is 5.24. The van der Waals surface area contributed by atoms with Gasteiger partial charge in [-0.25, -0.2) is 0 Å². The van der Waals surface area contributed by atoms with Crippen molar-refractivity contribution in [2.75, 3.05) is 5.32 Å². The minimum atomic E-state index is 0.334. The van der Waals surface area contributed by atoms with Crippen LogP contribution in [0.4, 0.5) is 5.69 Å². The van der Waals surface area contributed by atoms with Gasteiger partial charge in [-0.3, -0.25) is 0 Å². The zero-order valence-electron chi connectivity index (χ0n) is 10.3. The van der Waals surface area contributed by atoms with E-state index in [1.165, 1.54) is 23.3 Å². The number of rotatable bonds is 2. The van der Waals surface area contributed by atoms with E-state index in [1.54, 1.807) is 12.1 Å². The first kappa shape index (κ1) is 12.5. The summed E-state index contributed by atoms with van der Waals surface area (Å²) in [6, 6.07) is 10.0. The minimum absolute atomic E-state index is 0.334. The Morgan fingerprint density at radius 1 is 1.37 bits per heavy atom. The van der Waals surface area contributed by atoms with Crippen molar-refractivity contribution in [2.24, 2.45) is 0 Å². The molecule has 1 unspecified atom stereocenters. The minimum Gasteiger partial charge on any atom is -0.377 e. The van der Waals surface area contributed by atoms with Gasteiger partial charge in [0, 0.05) is 4.88 Å². The summed E-state index contributed by atoms with van der Waals surface area (Å²) in [5, 5.41) is 15.1. The van der Waals surface area contributed by atoms with Crippen LogP contribution in [0.25, 0.3) is 0 Å². The van der Waals surface area contributed by atoms with Crippen molar-refractivity contribution in [3.63, 3.8) is 0 Å². The third kappa shape index (κ3) is 2.47. The molecule has 0 amide bonds. The first-order valence-corrected chi connectivity index (χ1v) is 7.56. The fourth-order valence-corrected chi connectivity index (χ4v) is 3.75. The monoisotopic (exact) mass is 288 g/mol. The van der Waals surface area contributed by atoms with Gasteiger partial charge in [-0.1, -0.05) is 11.6 Å². The number of hydrogen-bond acceptors (Lipinski definition) is 3. The number of hydrogen-bond donors (Lipinski definition) is 1. The highest BCUT2D eigenvalue weighted by molar-refractivity contribution is 7.10. The number of nitrogens with zero attached hydrogens (tertiary/aromatic N) is 1. The maximum Gasteiger partial charge on any atom is 0.0992 e. The van der Waals surface area contributed by atoms with Gasteiger partial charge in [0.05, 0.1) is 28.4 Å².